The van der Waals surface area contributed by atoms with Gasteiger partial charge in [0.15, 0.2) is 0 Å². The summed E-state index contributed by atoms with van der Waals surface area (Å²) in [5.41, 5.74) is 0. The van der Waals surface area contributed by atoms with Crippen molar-refractivity contribution in [3.05, 3.63) is 0 Å². The first-order valence-electron chi connectivity index (χ1n) is 4.95. The Morgan fingerprint density at radius 3 is 2.23 bits per heavy atom. The minimum atomic E-state index is -1.57. The van der Waals surface area contributed by atoms with Gasteiger partial charge in [-0.3, -0.25) is 0 Å². The van der Waals surface area contributed by atoms with Gasteiger partial charge in [0, 0.05) is 14.2 Å². The molecule has 0 aliphatic carbocycles. The first-order chi connectivity index (χ1) is 6.26. The molecule has 80 valence electrons. The summed E-state index contributed by atoms with van der Waals surface area (Å²) in [6.07, 6.45) is 6.06. The molecule has 0 aliphatic heterocycles. The van der Waals surface area contributed by atoms with Crippen LogP contribution in [0.2, 0.25) is 0 Å². The molecule has 2 nitrogen and oxygen atoms in total. The van der Waals surface area contributed by atoms with Gasteiger partial charge >= 0.3 is 9.28 Å². The number of unbranched alkanes of at least 4 members (excludes halogenated alkanes) is 3. The van der Waals surface area contributed by atoms with Crippen LogP contribution in [0.1, 0.15) is 39.0 Å². The highest BCUT2D eigenvalue weighted by Gasteiger charge is 2.20. The second-order valence-electron chi connectivity index (χ2n) is 3.21. The van der Waals surface area contributed by atoms with Gasteiger partial charge in [-0.2, -0.15) is 0 Å². The highest BCUT2D eigenvalue weighted by molar-refractivity contribution is 6.59. The summed E-state index contributed by atoms with van der Waals surface area (Å²) in [4.78, 5) is 0. The zero-order valence-corrected chi connectivity index (χ0v) is 10.8. The fourth-order valence-electron chi connectivity index (χ4n) is 1.29. The number of halogens is 1. The largest absolute Gasteiger partial charge is 0.399 e. The van der Waals surface area contributed by atoms with Crippen LogP contribution in [-0.4, -0.2) is 28.5 Å². The van der Waals surface area contributed by atoms with Gasteiger partial charge in [-0.05, 0) is 6.42 Å². The fraction of sp³-hybridized carbons (Fsp3) is 1.00. The van der Waals surface area contributed by atoms with E-state index in [1.165, 1.54) is 25.7 Å². The maximum absolute atomic E-state index is 6.14. The lowest BCUT2D eigenvalue weighted by atomic mass is 10.2. The third kappa shape index (κ3) is 6.49. The van der Waals surface area contributed by atoms with Crippen molar-refractivity contribution in [1.82, 2.24) is 0 Å². The smallest absolute Gasteiger partial charge is 0.339 e. The number of hydrogen-bond donors (Lipinski definition) is 0. The van der Waals surface area contributed by atoms with Gasteiger partial charge in [0.1, 0.15) is 0 Å². The van der Waals surface area contributed by atoms with Crippen LogP contribution in [0.3, 0.4) is 0 Å². The van der Waals surface area contributed by atoms with Gasteiger partial charge in [0.25, 0.3) is 0 Å². The van der Waals surface area contributed by atoms with Gasteiger partial charge < -0.3 is 8.85 Å². The van der Waals surface area contributed by atoms with Crippen LogP contribution in [0.4, 0.5) is 0 Å². The van der Waals surface area contributed by atoms with E-state index >= 15 is 0 Å². The first-order valence-corrected chi connectivity index (χ1v) is 7.00. The summed E-state index contributed by atoms with van der Waals surface area (Å²) in [6.45, 7) is 2.21. The lowest BCUT2D eigenvalue weighted by Gasteiger charge is -2.16. The Balaban J connectivity index is 3.42. The van der Waals surface area contributed by atoms with Crippen LogP contribution in [0.25, 0.3) is 0 Å². The molecular weight excluding hydrogens is 204 g/mol. The highest BCUT2D eigenvalue weighted by atomic mass is 35.5. The maximum atomic E-state index is 6.14. The van der Waals surface area contributed by atoms with E-state index in [1.54, 1.807) is 14.2 Å². The second kappa shape index (κ2) is 9.00. The molecular formula is C9H21ClO2Si. The van der Waals surface area contributed by atoms with Crippen molar-refractivity contribution >= 4 is 20.9 Å². The van der Waals surface area contributed by atoms with Gasteiger partial charge in [0.05, 0.1) is 5.00 Å². The van der Waals surface area contributed by atoms with Crippen LogP contribution in [0.5, 0.6) is 0 Å². The average Bonchev–Trinajstić information content (AvgIpc) is 2.14. The van der Waals surface area contributed by atoms with E-state index in [2.05, 4.69) is 6.92 Å². The SMILES string of the molecule is CCCCCCC(Cl)[SiH](OC)OC. The van der Waals surface area contributed by atoms with Crippen molar-refractivity contribution in [2.45, 2.75) is 44.0 Å². The van der Waals surface area contributed by atoms with Gasteiger partial charge in [-0.25, -0.2) is 0 Å². The summed E-state index contributed by atoms with van der Waals surface area (Å²) in [7, 11) is 1.79. The molecule has 0 bridgehead atoms. The zero-order valence-electron chi connectivity index (χ0n) is 8.88. The average molecular weight is 225 g/mol. The van der Waals surface area contributed by atoms with E-state index in [0.717, 1.165) is 6.42 Å². The van der Waals surface area contributed by atoms with Crippen LogP contribution in [0.15, 0.2) is 0 Å². The van der Waals surface area contributed by atoms with Gasteiger partial charge in [0.2, 0.25) is 0 Å². The molecule has 4 heteroatoms. The second-order valence-corrected chi connectivity index (χ2v) is 6.67. The predicted octanol–water partition coefficient (Wildman–Crippen LogP) is 2.62. The van der Waals surface area contributed by atoms with Crippen LogP contribution in [-0.2, 0) is 8.85 Å². The Bertz CT molecular complexity index is 110. The predicted molar refractivity (Wildman–Crippen MR) is 59.6 cm³/mol. The summed E-state index contributed by atoms with van der Waals surface area (Å²) >= 11 is 6.14. The van der Waals surface area contributed by atoms with Crippen molar-refractivity contribution in [2.24, 2.45) is 0 Å². The van der Waals surface area contributed by atoms with Gasteiger partial charge in [-0.1, -0.05) is 32.6 Å². The van der Waals surface area contributed by atoms with Gasteiger partial charge in [-0.15, -0.1) is 11.6 Å². The summed E-state index contributed by atoms with van der Waals surface area (Å²) in [6, 6.07) is 0. The summed E-state index contributed by atoms with van der Waals surface area (Å²) in [5.74, 6) is 0. The van der Waals surface area contributed by atoms with Crippen molar-refractivity contribution in [3.63, 3.8) is 0 Å². The molecule has 0 fully saturated rings. The normalized spacial score (nSPS) is 13.6. The molecule has 0 aromatic rings. The molecule has 0 rings (SSSR count). The van der Waals surface area contributed by atoms with Crippen molar-refractivity contribution < 1.29 is 8.85 Å². The summed E-state index contributed by atoms with van der Waals surface area (Å²) in [5, 5.41) is 0.117. The number of hydrogen-bond acceptors (Lipinski definition) is 2. The molecule has 0 aromatic carbocycles. The Kier molecular flexibility index (Phi) is 9.30. The molecule has 1 unspecified atom stereocenters. The lowest BCUT2D eigenvalue weighted by molar-refractivity contribution is 0.273. The summed E-state index contributed by atoms with van der Waals surface area (Å²) < 4.78 is 10.4. The Morgan fingerprint density at radius 2 is 1.77 bits per heavy atom. The monoisotopic (exact) mass is 224 g/mol. The Labute approximate surface area is 88.4 Å². The van der Waals surface area contributed by atoms with E-state index in [0.29, 0.717) is 0 Å². The van der Waals surface area contributed by atoms with Crippen molar-refractivity contribution in [3.8, 4) is 0 Å². The standard InChI is InChI=1S/C9H21ClO2Si/c1-4-5-6-7-8-9(10)13(11-2)12-3/h9,13H,4-8H2,1-3H3. The van der Waals surface area contributed by atoms with E-state index in [1.807, 2.05) is 0 Å². The fourth-order valence-corrected chi connectivity index (χ4v) is 3.36. The Hall–Kier alpha value is 0.427. The first kappa shape index (κ1) is 13.4. The van der Waals surface area contributed by atoms with E-state index in [9.17, 15) is 0 Å². The number of alkyl halides is 1. The minimum absolute atomic E-state index is 0.117. The lowest BCUT2D eigenvalue weighted by Crippen LogP contribution is -2.31. The van der Waals surface area contributed by atoms with Crippen molar-refractivity contribution in [2.75, 3.05) is 14.2 Å². The van der Waals surface area contributed by atoms with Crippen LogP contribution in [0, 0.1) is 0 Å². The molecule has 0 aromatic heterocycles. The molecule has 0 saturated carbocycles. The number of rotatable bonds is 8. The molecule has 1 atom stereocenters. The molecule has 0 saturated heterocycles. The molecule has 0 heterocycles. The third-order valence-electron chi connectivity index (χ3n) is 2.09. The Morgan fingerprint density at radius 1 is 1.15 bits per heavy atom. The van der Waals surface area contributed by atoms with Crippen molar-refractivity contribution in [1.29, 1.82) is 0 Å². The molecule has 13 heavy (non-hydrogen) atoms. The molecule has 0 N–H and O–H groups in total. The van der Waals surface area contributed by atoms with Crippen LogP contribution < -0.4 is 0 Å². The topological polar surface area (TPSA) is 18.5 Å². The van der Waals surface area contributed by atoms with E-state index in [-0.39, 0.29) is 5.00 Å². The highest BCUT2D eigenvalue weighted by Crippen LogP contribution is 2.13. The molecule has 0 radical (unpaired) electrons. The van der Waals surface area contributed by atoms with Crippen LogP contribution >= 0.6 is 11.6 Å². The minimum Gasteiger partial charge on any atom is -0.399 e. The quantitative estimate of drug-likeness (QED) is 0.359. The zero-order chi connectivity index (χ0) is 10.1. The third-order valence-corrected chi connectivity index (χ3v) is 4.78. The van der Waals surface area contributed by atoms with E-state index in [4.69, 9.17) is 20.5 Å². The van der Waals surface area contributed by atoms with E-state index < -0.39 is 9.28 Å². The maximum Gasteiger partial charge on any atom is 0.339 e. The molecule has 0 amide bonds. The molecule has 0 spiro atoms. The molecule has 0 aliphatic rings.